The average molecular weight is 324 g/mol. The van der Waals surface area contributed by atoms with Crippen LogP contribution in [0, 0.1) is 10.1 Å². The van der Waals surface area contributed by atoms with Gasteiger partial charge in [0.2, 0.25) is 0 Å². The molecule has 4 N–H and O–H groups in total. The summed E-state index contributed by atoms with van der Waals surface area (Å²) in [6.07, 6.45) is 0.704. The molecule has 9 heteroatoms. The Hall–Kier alpha value is -2.68. The first-order valence-corrected chi connectivity index (χ1v) is 7.07. The van der Waals surface area contributed by atoms with Crippen LogP contribution in [-0.4, -0.2) is 43.5 Å². The van der Waals surface area contributed by atoms with Crippen LogP contribution in [0.25, 0.3) is 0 Å². The predicted molar refractivity (Wildman–Crippen MR) is 84.2 cm³/mol. The van der Waals surface area contributed by atoms with Gasteiger partial charge < -0.3 is 21.1 Å². The molecule has 0 bridgehead atoms. The van der Waals surface area contributed by atoms with E-state index in [1.807, 2.05) is 0 Å². The summed E-state index contributed by atoms with van der Waals surface area (Å²) in [6.45, 7) is 1.07. The zero-order valence-corrected chi connectivity index (χ0v) is 12.8. The number of esters is 1. The number of carbonyl (C=O) groups is 2. The molecule has 1 aromatic rings. The van der Waals surface area contributed by atoms with Crippen LogP contribution in [0.4, 0.5) is 11.4 Å². The smallest absolute Gasteiger partial charge is 0.307 e. The van der Waals surface area contributed by atoms with Crippen molar-refractivity contribution >= 4 is 23.3 Å². The summed E-state index contributed by atoms with van der Waals surface area (Å²) < 4.78 is 4.45. The molecule has 0 aliphatic heterocycles. The first-order chi connectivity index (χ1) is 11.0. The Morgan fingerprint density at radius 3 is 2.70 bits per heavy atom. The maximum atomic E-state index is 11.9. The number of nitrogens with two attached hydrogens (primary N) is 1. The SMILES string of the molecule is COC(=O)CCNC(=O)c1ccc(NCCCN)c([N+](=O)[O-])c1. The lowest BCUT2D eigenvalue weighted by Gasteiger charge is -2.09. The number of rotatable bonds is 9. The summed E-state index contributed by atoms with van der Waals surface area (Å²) in [5.74, 6) is -0.943. The van der Waals surface area contributed by atoms with Crippen molar-refractivity contribution in [2.24, 2.45) is 5.73 Å². The molecule has 126 valence electrons. The van der Waals surface area contributed by atoms with Crippen molar-refractivity contribution < 1.29 is 19.2 Å². The van der Waals surface area contributed by atoms with E-state index in [1.54, 1.807) is 0 Å². The third-order valence-electron chi connectivity index (χ3n) is 3.00. The second-order valence-electron chi connectivity index (χ2n) is 4.64. The Morgan fingerprint density at radius 1 is 1.35 bits per heavy atom. The number of anilines is 1. The van der Waals surface area contributed by atoms with Crippen LogP contribution in [0.2, 0.25) is 0 Å². The number of nitro groups is 1. The number of methoxy groups -OCH3 is 1. The van der Waals surface area contributed by atoms with E-state index in [9.17, 15) is 19.7 Å². The summed E-state index contributed by atoms with van der Waals surface area (Å²) in [5.41, 5.74) is 5.65. The average Bonchev–Trinajstić information content (AvgIpc) is 2.54. The molecule has 0 atom stereocenters. The lowest BCUT2D eigenvalue weighted by molar-refractivity contribution is -0.384. The molecular formula is C14H20N4O5. The van der Waals surface area contributed by atoms with Crippen LogP contribution in [0.15, 0.2) is 18.2 Å². The van der Waals surface area contributed by atoms with Crippen LogP contribution in [0.5, 0.6) is 0 Å². The molecule has 0 unspecified atom stereocenters. The van der Waals surface area contributed by atoms with E-state index < -0.39 is 16.8 Å². The van der Waals surface area contributed by atoms with Crippen LogP contribution in [0.3, 0.4) is 0 Å². The first-order valence-electron chi connectivity index (χ1n) is 7.07. The highest BCUT2D eigenvalue weighted by Crippen LogP contribution is 2.25. The van der Waals surface area contributed by atoms with Crippen molar-refractivity contribution in [2.45, 2.75) is 12.8 Å². The largest absolute Gasteiger partial charge is 0.469 e. The number of nitro benzene ring substituents is 1. The van der Waals surface area contributed by atoms with Crippen LogP contribution < -0.4 is 16.4 Å². The molecular weight excluding hydrogens is 304 g/mol. The molecule has 0 saturated heterocycles. The molecule has 0 aliphatic carbocycles. The fraction of sp³-hybridized carbons (Fsp3) is 0.429. The summed E-state index contributed by atoms with van der Waals surface area (Å²) in [7, 11) is 1.25. The molecule has 9 nitrogen and oxygen atoms in total. The van der Waals surface area contributed by atoms with Gasteiger partial charge in [-0.3, -0.25) is 19.7 Å². The minimum absolute atomic E-state index is 0.0308. The molecule has 0 radical (unpaired) electrons. The third kappa shape index (κ3) is 5.91. The highest BCUT2D eigenvalue weighted by molar-refractivity contribution is 5.95. The Labute approximate surface area is 133 Å². The van der Waals surface area contributed by atoms with Gasteiger partial charge in [-0.25, -0.2) is 0 Å². The van der Waals surface area contributed by atoms with Gasteiger partial charge in [0, 0.05) is 24.7 Å². The highest BCUT2D eigenvalue weighted by atomic mass is 16.6. The maximum Gasteiger partial charge on any atom is 0.307 e. The predicted octanol–water partition coefficient (Wildman–Crippen LogP) is 0.648. The van der Waals surface area contributed by atoms with Crippen molar-refractivity contribution in [2.75, 3.05) is 32.1 Å². The Bertz CT molecular complexity index is 576. The Balaban J connectivity index is 2.76. The van der Waals surface area contributed by atoms with E-state index in [1.165, 1.54) is 25.3 Å². The van der Waals surface area contributed by atoms with Gasteiger partial charge in [-0.15, -0.1) is 0 Å². The summed E-state index contributed by atoms with van der Waals surface area (Å²) >= 11 is 0. The zero-order valence-electron chi connectivity index (χ0n) is 12.8. The number of ether oxygens (including phenoxy) is 1. The van der Waals surface area contributed by atoms with Gasteiger partial charge in [-0.1, -0.05) is 0 Å². The lowest BCUT2D eigenvalue weighted by atomic mass is 10.1. The van der Waals surface area contributed by atoms with Crippen LogP contribution >= 0.6 is 0 Å². The number of hydrogen-bond acceptors (Lipinski definition) is 7. The van der Waals surface area contributed by atoms with Crippen LogP contribution in [-0.2, 0) is 9.53 Å². The van der Waals surface area contributed by atoms with Gasteiger partial charge in [0.15, 0.2) is 0 Å². The molecule has 0 aliphatic rings. The zero-order chi connectivity index (χ0) is 17.2. The van der Waals surface area contributed by atoms with Crippen LogP contribution in [0.1, 0.15) is 23.2 Å². The lowest BCUT2D eigenvalue weighted by Crippen LogP contribution is -2.26. The fourth-order valence-corrected chi connectivity index (χ4v) is 1.78. The minimum Gasteiger partial charge on any atom is -0.469 e. The number of nitrogens with one attached hydrogen (secondary N) is 2. The number of benzene rings is 1. The third-order valence-corrected chi connectivity index (χ3v) is 3.00. The molecule has 0 fully saturated rings. The topological polar surface area (TPSA) is 137 Å². The van der Waals surface area contributed by atoms with E-state index in [0.717, 1.165) is 0 Å². The number of amides is 1. The van der Waals surface area contributed by atoms with Crippen molar-refractivity contribution in [3.63, 3.8) is 0 Å². The molecule has 1 rings (SSSR count). The van der Waals surface area contributed by atoms with E-state index in [2.05, 4.69) is 15.4 Å². The van der Waals surface area contributed by atoms with Crippen molar-refractivity contribution in [1.82, 2.24) is 5.32 Å². The maximum absolute atomic E-state index is 11.9. The normalized spacial score (nSPS) is 10.0. The highest BCUT2D eigenvalue weighted by Gasteiger charge is 2.17. The van der Waals surface area contributed by atoms with Gasteiger partial charge in [-0.05, 0) is 25.1 Å². The van der Waals surface area contributed by atoms with Gasteiger partial charge in [-0.2, -0.15) is 0 Å². The van der Waals surface area contributed by atoms with E-state index in [0.29, 0.717) is 25.2 Å². The second kappa shape index (κ2) is 9.36. The van der Waals surface area contributed by atoms with Gasteiger partial charge in [0.05, 0.1) is 18.5 Å². The van der Waals surface area contributed by atoms with Gasteiger partial charge in [0.25, 0.3) is 11.6 Å². The second-order valence-corrected chi connectivity index (χ2v) is 4.64. The molecule has 0 heterocycles. The van der Waals surface area contributed by atoms with E-state index in [4.69, 9.17) is 5.73 Å². The summed E-state index contributed by atoms with van der Waals surface area (Å²) in [5, 5.41) is 16.5. The molecule has 1 amide bonds. The number of nitrogens with zero attached hydrogens (tertiary/aromatic N) is 1. The first kappa shape index (κ1) is 18.4. The Morgan fingerprint density at radius 2 is 2.09 bits per heavy atom. The molecule has 0 spiro atoms. The molecule has 1 aromatic carbocycles. The minimum atomic E-state index is -0.560. The molecule has 0 saturated carbocycles. The standard InChI is InChI=1S/C14H20N4O5/c1-23-13(19)5-8-17-14(20)10-3-4-11(16-7-2-6-15)12(9-10)18(21)22/h3-4,9,16H,2,5-8,15H2,1H3,(H,17,20). The quantitative estimate of drug-likeness (QED) is 0.262. The van der Waals surface area contributed by atoms with Gasteiger partial charge >= 0.3 is 5.97 Å². The molecule has 23 heavy (non-hydrogen) atoms. The van der Waals surface area contributed by atoms with E-state index in [-0.39, 0.29) is 24.2 Å². The van der Waals surface area contributed by atoms with E-state index >= 15 is 0 Å². The van der Waals surface area contributed by atoms with Gasteiger partial charge in [0.1, 0.15) is 5.69 Å². The fourth-order valence-electron chi connectivity index (χ4n) is 1.78. The Kier molecular flexibility index (Phi) is 7.48. The van der Waals surface area contributed by atoms with Crippen molar-refractivity contribution in [3.05, 3.63) is 33.9 Å². The summed E-state index contributed by atoms with van der Waals surface area (Å²) in [6, 6.07) is 4.15. The number of carbonyl (C=O) groups excluding carboxylic acids is 2. The monoisotopic (exact) mass is 324 g/mol. The summed E-state index contributed by atoms with van der Waals surface area (Å²) in [4.78, 5) is 33.5. The molecule has 0 aromatic heterocycles. The van der Waals surface area contributed by atoms with Crippen molar-refractivity contribution in [3.8, 4) is 0 Å². The van der Waals surface area contributed by atoms with Crippen molar-refractivity contribution in [1.29, 1.82) is 0 Å². The number of hydrogen-bond donors (Lipinski definition) is 3.